The second kappa shape index (κ2) is 36.6. The molecule has 0 atom stereocenters. The molecular weight excluding hydrogens is 1740 g/mol. The summed E-state index contributed by atoms with van der Waals surface area (Å²) in [4.78, 5) is 4.67. The highest BCUT2D eigenvalue weighted by atomic mass is 15.1. The Kier molecular flexibility index (Phi) is 21.7. The van der Waals surface area contributed by atoms with Crippen LogP contribution >= 0.6 is 0 Å². The quantitative estimate of drug-likeness (QED) is 0.0802. The summed E-state index contributed by atoms with van der Waals surface area (Å²) in [5, 5.41) is 4.95. The summed E-state index contributed by atoms with van der Waals surface area (Å²) in [6.45, 7) is 0. The second-order valence-electron chi connectivity index (χ2n) is 37.7. The molecule has 2 aromatic heterocycles. The molecule has 2 aliphatic rings. The number of benzene rings is 23. The number of rotatable bonds is 19. The molecule has 25 aromatic rings. The molecule has 676 valence electrons. The van der Waals surface area contributed by atoms with Gasteiger partial charge in [-0.1, -0.05) is 449 Å². The first-order valence-electron chi connectivity index (χ1n) is 49.7. The van der Waals surface area contributed by atoms with E-state index in [1.165, 1.54) is 183 Å². The zero-order chi connectivity index (χ0) is 95.4. The van der Waals surface area contributed by atoms with Gasteiger partial charge in [0, 0.05) is 67.0 Å². The highest BCUT2D eigenvalue weighted by Gasteiger charge is 2.48. The summed E-state index contributed by atoms with van der Waals surface area (Å²) < 4.78 is 4.96. The topological polar surface area (TPSA) is 16.3 Å². The van der Waals surface area contributed by atoms with Crippen LogP contribution in [0.1, 0.15) is 44.5 Å². The molecule has 0 saturated carbocycles. The van der Waals surface area contributed by atoms with E-state index in [1.54, 1.807) is 0 Å². The van der Waals surface area contributed by atoms with Gasteiger partial charge in [-0.25, -0.2) is 0 Å². The third-order valence-corrected chi connectivity index (χ3v) is 29.8. The largest absolute Gasteiger partial charge is 0.311 e. The minimum absolute atomic E-state index is 0.485. The van der Waals surface area contributed by atoms with Gasteiger partial charge in [-0.15, -0.1) is 0 Å². The maximum Gasteiger partial charge on any atom is 0.0714 e. The van der Waals surface area contributed by atoms with E-state index in [-0.39, 0.29) is 0 Å². The summed E-state index contributed by atoms with van der Waals surface area (Å²) in [6, 6.07) is 213. The summed E-state index contributed by atoms with van der Waals surface area (Å²) in [5.74, 6) is 0. The molecule has 23 aromatic carbocycles. The molecule has 2 aliphatic carbocycles. The highest BCUT2D eigenvalue weighted by Crippen LogP contribution is 2.60. The van der Waals surface area contributed by atoms with Gasteiger partial charge in [0.15, 0.2) is 0 Å². The Morgan fingerprint density at radius 1 is 0.132 bits per heavy atom. The van der Waals surface area contributed by atoms with Crippen LogP contribution in [0.15, 0.2) is 582 Å². The van der Waals surface area contributed by atoms with Crippen molar-refractivity contribution in [2.24, 2.45) is 0 Å². The Balaban J connectivity index is 0.000000147. The molecule has 144 heavy (non-hydrogen) atoms. The minimum atomic E-state index is -0.492. The molecule has 0 unspecified atom stereocenters. The van der Waals surface area contributed by atoms with Crippen molar-refractivity contribution in [3.05, 3.63) is 627 Å². The lowest BCUT2D eigenvalue weighted by molar-refractivity contribution is 0.767. The molecule has 0 radical (unpaired) electrons. The van der Waals surface area contributed by atoms with Crippen LogP contribution in [0.5, 0.6) is 0 Å². The van der Waals surface area contributed by atoms with E-state index in [9.17, 15) is 0 Å². The molecule has 27 rings (SSSR count). The number of anilines is 6. The van der Waals surface area contributed by atoms with E-state index in [0.717, 1.165) is 51.1 Å². The zero-order valence-corrected chi connectivity index (χ0v) is 79.2. The van der Waals surface area contributed by atoms with Gasteiger partial charge >= 0.3 is 0 Å². The number of aromatic nitrogens is 2. The first kappa shape index (κ1) is 85.7. The van der Waals surface area contributed by atoms with Gasteiger partial charge in [-0.3, -0.25) is 0 Å². The molecule has 2 heterocycles. The second-order valence-corrected chi connectivity index (χ2v) is 37.7. The smallest absolute Gasteiger partial charge is 0.0714 e. The van der Waals surface area contributed by atoms with Crippen LogP contribution in [0.25, 0.3) is 155 Å². The number of hydrogen-bond donors (Lipinski definition) is 0. The van der Waals surface area contributed by atoms with Gasteiger partial charge in [0.2, 0.25) is 0 Å². The molecule has 0 aliphatic heterocycles. The van der Waals surface area contributed by atoms with E-state index in [1.807, 2.05) is 0 Å². The fraction of sp³-hybridized carbons (Fsp3) is 0.0143. The lowest BCUT2D eigenvalue weighted by Crippen LogP contribution is -2.28. The van der Waals surface area contributed by atoms with E-state index in [0.29, 0.717) is 0 Å². The zero-order valence-electron chi connectivity index (χ0n) is 79.2. The lowest BCUT2D eigenvalue weighted by Gasteiger charge is -2.34. The van der Waals surface area contributed by atoms with Crippen LogP contribution in [-0.4, -0.2) is 9.13 Å². The highest BCUT2D eigenvalue weighted by molar-refractivity contribution is 6.12. The molecule has 0 saturated heterocycles. The van der Waals surface area contributed by atoms with Crippen LogP contribution in [0.2, 0.25) is 0 Å². The molecule has 0 fully saturated rings. The normalized spacial score (nSPS) is 12.4. The maximum absolute atomic E-state index is 2.48. The number of hydrogen-bond acceptors (Lipinski definition) is 2. The molecule has 0 N–H and O–H groups in total. The molecule has 0 bridgehead atoms. The van der Waals surface area contributed by atoms with Crippen molar-refractivity contribution in [1.29, 1.82) is 0 Å². The van der Waals surface area contributed by atoms with Gasteiger partial charge < -0.3 is 18.9 Å². The maximum atomic E-state index is 2.48. The number of nitrogens with zero attached hydrogens (tertiary/aromatic N) is 4. The predicted octanol–water partition coefficient (Wildman–Crippen LogP) is 36.9. The van der Waals surface area contributed by atoms with Gasteiger partial charge in [0.25, 0.3) is 0 Å². The van der Waals surface area contributed by atoms with E-state index >= 15 is 0 Å². The van der Waals surface area contributed by atoms with Crippen molar-refractivity contribution in [2.75, 3.05) is 9.80 Å². The van der Waals surface area contributed by atoms with E-state index in [4.69, 9.17) is 0 Å². The molecule has 0 amide bonds. The first-order chi connectivity index (χ1) is 71.4. The van der Waals surface area contributed by atoms with Crippen molar-refractivity contribution in [3.63, 3.8) is 0 Å². The average Bonchev–Trinajstić information content (AvgIpc) is 1.53. The molecular formula is C140H96N4. The van der Waals surface area contributed by atoms with Crippen LogP contribution in [0.3, 0.4) is 0 Å². The van der Waals surface area contributed by atoms with Gasteiger partial charge in [0.1, 0.15) is 0 Å². The van der Waals surface area contributed by atoms with Crippen LogP contribution < -0.4 is 9.80 Å². The van der Waals surface area contributed by atoms with Crippen molar-refractivity contribution < 1.29 is 0 Å². The van der Waals surface area contributed by atoms with E-state index in [2.05, 4.69) is 601 Å². The van der Waals surface area contributed by atoms with Crippen molar-refractivity contribution in [2.45, 2.75) is 10.8 Å². The molecule has 4 heteroatoms. The Labute approximate surface area is 839 Å². The third-order valence-electron chi connectivity index (χ3n) is 29.8. The van der Waals surface area contributed by atoms with Gasteiger partial charge in [-0.05, 0) is 278 Å². The monoisotopic (exact) mass is 1830 g/mol. The first-order valence-corrected chi connectivity index (χ1v) is 49.7. The number of fused-ring (bicyclic) bond motifs is 12. The summed E-state index contributed by atoms with van der Waals surface area (Å²) >= 11 is 0. The Morgan fingerprint density at radius 3 is 0.681 bits per heavy atom. The fourth-order valence-electron chi connectivity index (χ4n) is 23.1. The number of para-hydroxylation sites is 3. The van der Waals surface area contributed by atoms with Gasteiger partial charge in [-0.2, -0.15) is 0 Å². The van der Waals surface area contributed by atoms with Crippen LogP contribution in [0.4, 0.5) is 34.1 Å². The fourth-order valence-corrected chi connectivity index (χ4v) is 23.1. The van der Waals surface area contributed by atoms with E-state index < -0.39 is 10.8 Å². The van der Waals surface area contributed by atoms with Crippen molar-refractivity contribution >= 4 is 77.7 Å². The lowest BCUT2D eigenvalue weighted by atomic mass is 9.67. The standard InChI is InChI=1S/C73H50N2.C67H46N2/c1-5-18-51(19-6-1)53-32-39-61(40-33-53)74(62-41-34-54(35-42-62)52-20-7-2-8-21-52)63-43-36-55(37-44-63)56-22-17-23-57(48-56)58-38-46-68-67-29-14-16-31-71(67)75(72(68)49-58)64-45-47-66-65-28-13-15-30-69(65)73(70(66)50-64,59-24-9-3-10-25-59)60-26-11-4-12-27-60;1-5-18-47(19-6-1)48-32-37-56(38-33-48)68(55-26-11-4-12-27-55)57-39-34-49(35-40-57)50-20-17-21-51(44-50)52-36-42-62-61-29-14-16-31-65(61)69(66(62)45-52)58-41-43-60-59-28-13-15-30-63(59)67(64(60)46-58,53-22-7-2-8-23-53)54-24-9-3-10-25-54/h1-50H;1-46H. The average molecular weight is 1830 g/mol. The van der Waals surface area contributed by atoms with Gasteiger partial charge in [0.05, 0.1) is 32.9 Å². The molecule has 4 nitrogen and oxygen atoms in total. The van der Waals surface area contributed by atoms with Crippen LogP contribution in [-0.2, 0) is 10.8 Å². The minimum Gasteiger partial charge on any atom is -0.311 e. The Bertz CT molecular complexity index is 8880. The van der Waals surface area contributed by atoms with Crippen LogP contribution in [0, 0.1) is 0 Å². The van der Waals surface area contributed by atoms with Crippen molar-refractivity contribution in [3.8, 4) is 112 Å². The Morgan fingerprint density at radius 2 is 0.354 bits per heavy atom. The summed E-state index contributed by atoms with van der Waals surface area (Å²) in [7, 11) is 0. The molecule has 0 spiro atoms. The summed E-state index contributed by atoms with van der Waals surface area (Å²) in [6.07, 6.45) is 0. The Hall–Kier alpha value is -18.7. The third kappa shape index (κ3) is 14.9. The van der Waals surface area contributed by atoms with Crippen molar-refractivity contribution in [1.82, 2.24) is 9.13 Å². The predicted molar refractivity (Wildman–Crippen MR) is 604 cm³/mol. The summed E-state index contributed by atoms with van der Waals surface area (Å²) in [5.41, 5.74) is 44.6. The SMILES string of the molecule is c1ccc(-c2ccc(N(c3ccc(-c4ccccc4)cc3)c3ccc(-c4cccc(-c5ccc6c7ccccc7n(-c7ccc8c(c7)C(c7ccccc7)(c7ccccc7)c7ccccc7-8)c6c5)c4)cc3)cc2)cc1.c1ccc(-c2ccc(N(c3ccccc3)c3ccc(-c4cccc(-c5ccc6c7ccccc7n(-c7ccc8c(c7)C(c7ccccc7)(c7ccccc7)c7ccccc7-8)c6c5)c4)cc3)cc2)cc1.